The number of anilines is 2. The van der Waals surface area contributed by atoms with E-state index in [4.69, 9.17) is 54.9 Å². The smallest absolute Gasteiger partial charge is 0.426 e. The van der Waals surface area contributed by atoms with Crippen LogP contribution in [-0.2, 0) is 14.2 Å². The lowest BCUT2D eigenvalue weighted by molar-refractivity contribution is -0.385. The minimum absolute atomic E-state index is 0.0477. The number of nitrogens with two attached hydrogens (primary N) is 2. The number of aliphatic hydroxyl groups is 1. The van der Waals surface area contributed by atoms with Crippen molar-refractivity contribution < 1.29 is 57.0 Å². The van der Waals surface area contributed by atoms with Crippen LogP contribution in [0.1, 0.15) is 52.0 Å². The number of nitro benzene ring substituents is 2. The molecule has 2 aromatic carbocycles. The second-order valence-corrected chi connectivity index (χ2v) is 14.4. The first-order chi connectivity index (χ1) is 31.9. The number of nitrogens with zero attached hydrogens (tertiary/aromatic N) is 10. The molecule has 0 unspecified atom stereocenters. The highest BCUT2D eigenvalue weighted by Crippen LogP contribution is 2.42. The van der Waals surface area contributed by atoms with Crippen LogP contribution in [0.5, 0.6) is 11.5 Å². The Balaban J connectivity index is 0.000000185. The number of ether oxygens (including phenoxy) is 5. The zero-order valence-electron chi connectivity index (χ0n) is 34.8. The highest BCUT2D eigenvalue weighted by Gasteiger charge is 2.51. The lowest BCUT2D eigenvalue weighted by atomic mass is 9.94. The topological polar surface area (TPSA) is 326 Å². The summed E-state index contributed by atoms with van der Waals surface area (Å²) in [6.45, 7) is 3.59. The molecule has 4 aromatic heterocycles. The first-order valence-corrected chi connectivity index (χ1v) is 19.8. The predicted molar refractivity (Wildman–Crippen MR) is 228 cm³/mol. The van der Waals surface area contributed by atoms with Gasteiger partial charge < -0.3 is 40.3 Å². The molecule has 2 saturated heterocycles. The van der Waals surface area contributed by atoms with Crippen molar-refractivity contribution in [2.75, 3.05) is 11.5 Å². The first kappa shape index (κ1) is 48.3. The number of aliphatic hydroxyl groups excluding tert-OH is 1. The molecule has 0 aliphatic carbocycles. The standard InChI is InChI=1S/C20H17FN6O6.C13H14FN5O2.C7H4ClNO4/c1-3-20(4-2)13(32-19(28)31-12-7-5-11(6-8-12)27(29)30)9-14(33-20)26-10-23-15-16(22)24-18(21)25-17(15)26;1-3-13(4-2)7(20)5-8(21-13)19-6-16-9-10(15)17-12(14)18-11(9)19;8-7(10)13-6-3-1-5(2-4-6)9(11)12/h1,5-8,10,13-14H,4,9H2,2H3,(H2,22,24,25);1,6-8,20H,4-5H2,2H3,(H2,15,17,18);1-4H/t13-,14+,20+;7-,8+,13+;/m00./s1. The lowest BCUT2D eigenvalue weighted by Crippen LogP contribution is -2.40. The fourth-order valence-electron chi connectivity index (χ4n) is 6.91. The molecule has 6 heterocycles. The molecule has 2 aliphatic rings. The van der Waals surface area contributed by atoms with E-state index in [0.717, 1.165) is 0 Å². The summed E-state index contributed by atoms with van der Waals surface area (Å²) in [6, 6.07) is 9.91. The number of fused-ring (bicyclic) bond motifs is 2. The summed E-state index contributed by atoms with van der Waals surface area (Å²) < 4.78 is 56.8. The monoisotopic (exact) mass is 948 g/mol. The number of aromatic nitrogens is 8. The van der Waals surface area contributed by atoms with Gasteiger partial charge in [0.25, 0.3) is 11.4 Å². The van der Waals surface area contributed by atoms with Crippen LogP contribution in [0.4, 0.5) is 41.4 Å². The first-order valence-electron chi connectivity index (χ1n) is 19.4. The molecule has 8 rings (SSSR count). The molecule has 6 atom stereocenters. The van der Waals surface area contributed by atoms with Gasteiger partial charge in [0, 0.05) is 48.7 Å². The fourth-order valence-corrected chi connectivity index (χ4v) is 7.00. The van der Waals surface area contributed by atoms with Gasteiger partial charge >= 0.3 is 23.7 Å². The van der Waals surface area contributed by atoms with E-state index in [1.807, 2.05) is 6.92 Å². The summed E-state index contributed by atoms with van der Waals surface area (Å²) >= 11 is 4.92. The van der Waals surface area contributed by atoms with E-state index in [1.54, 1.807) is 6.92 Å². The largest absolute Gasteiger partial charge is 0.514 e. The third-order valence-electron chi connectivity index (χ3n) is 10.3. The summed E-state index contributed by atoms with van der Waals surface area (Å²) in [7, 11) is 0. The van der Waals surface area contributed by atoms with Crippen molar-refractivity contribution in [3.63, 3.8) is 0 Å². The normalized spacial score (nSPS) is 21.7. The molecule has 5 N–H and O–H groups in total. The number of nitro groups is 2. The van der Waals surface area contributed by atoms with Crippen molar-refractivity contribution in [2.24, 2.45) is 0 Å². The second-order valence-electron chi connectivity index (χ2n) is 14.1. The van der Waals surface area contributed by atoms with Gasteiger partial charge in [-0.25, -0.2) is 19.6 Å². The van der Waals surface area contributed by atoms with E-state index in [-0.39, 0.29) is 76.1 Å². The molecule has 2 aliphatic heterocycles. The van der Waals surface area contributed by atoms with Gasteiger partial charge in [0.15, 0.2) is 45.2 Å². The Morgan fingerprint density at radius 2 is 1.24 bits per heavy atom. The maximum Gasteiger partial charge on any atom is 0.514 e. The van der Waals surface area contributed by atoms with Crippen molar-refractivity contribution in [3.05, 3.63) is 93.6 Å². The van der Waals surface area contributed by atoms with Gasteiger partial charge in [-0.2, -0.15) is 28.7 Å². The summed E-state index contributed by atoms with van der Waals surface area (Å²) in [4.78, 5) is 64.9. The van der Waals surface area contributed by atoms with Crippen LogP contribution in [0.2, 0.25) is 0 Å². The average Bonchev–Trinajstić information content (AvgIpc) is 4.07. The summed E-state index contributed by atoms with van der Waals surface area (Å²) in [5, 5.41) is 31.1. The van der Waals surface area contributed by atoms with Gasteiger partial charge in [-0.05, 0) is 37.1 Å². The molecule has 0 radical (unpaired) electrons. The SMILES string of the molecule is C#C[C@]1(CC)O[C@@H](n2cnc3c(N)nc(F)nc32)C[C@@H]1O.C#C[C@]1(CC)O[C@@H](n2cnc3c(N)nc(F)nc32)C[C@@H]1OC(=O)Oc1ccc([N+](=O)[O-])cc1.O=C(Cl)Oc1ccc([N+](=O)[O-])cc1. The van der Waals surface area contributed by atoms with Crippen LogP contribution in [-0.4, -0.2) is 89.0 Å². The van der Waals surface area contributed by atoms with Crippen molar-refractivity contribution in [1.29, 1.82) is 0 Å². The summed E-state index contributed by atoms with van der Waals surface area (Å²) in [5.74, 6) is 5.08. The average molecular weight is 949 g/mol. The number of carbonyl (C=O) groups is 2. The number of carbonyl (C=O) groups excluding carboxylic acids is 2. The number of nitrogen functional groups attached to an aromatic ring is 2. The van der Waals surface area contributed by atoms with E-state index in [0.29, 0.717) is 6.42 Å². The van der Waals surface area contributed by atoms with Crippen LogP contribution in [0.15, 0.2) is 61.2 Å². The molecule has 0 amide bonds. The Morgan fingerprint density at radius 3 is 1.64 bits per heavy atom. The molecule has 0 bridgehead atoms. The Hall–Kier alpha value is -8.17. The minimum atomic E-state index is -1.30. The number of benzene rings is 2. The van der Waals surface area contributed by atoms with Gasteiger partial charge in [-0.3, -0.25) is 29.4 Å². The number of terminal acetylenes is 2. The Labute approximate surface area is 380 Å². The van der Waals surface area contributed by atoms with E-state index < -0.39 is 69.5 Å². The van der Waals surface area contributed by atoms with E-state index in [2.05, 4.69) is 46.5 Å². The molecule has 27 heteroatoms. The fraction of sp³-hybridized carbons (Fsp3) is 0.300. The van der Waals surface area contributed by atoms with Crippen molar-refractivity contribution in [1.82, 2.24) is 39.0 Å². The number of rotatable bonds is 9. The highest BCUT2D eigenvalue weighted by atomic mass is 35.5. The maximum absolute atomic E-state index is 13.7. The van der Waals surface area contributed by atoms with Crippen molar-refractivity contribution in [2.45, 2.75) is 75.4 Å². The van der Waals surface area contributed by atoms with Crippen LogP contribution < -0.4 is 20.9 Å². The van der Waals surface area contributed by atoms with Gasteiger partial charge in [0.05, 0.1) is 28.6 Å². The zero-order valence-corrected chi connectivity index (χ0v) is 35.5. The molecule has 6 aromatic rings. The van der Waals surface area contributed by atoms with Crippen LogP contribution in [0.3, 0.4) is 0 Å². The quantitative estimate of drug-likeness (QED) is 0.0298. The van der Waals surface area contributed by atoms with Crippen LogP contribution >= 0.6 is 11.6 Å². The minimum Gasteiger partial charge on any atom is -0.426 e. The third kappa shape index (κ3) is 10.4. The Morgan fingerprint density at radius 1 is 0.806 bits per heavy atom. The van der Waals surface area contributed by atoms with E-state index in [9.17, 15) is 43.7 Å². The van der Waals surface area contributed by atoms with Crippen LogP contribution in [0, 0.1) is 57.1 Å². The Bertz CT molecular complexity index is 2930. The molecule has 2 fully saturated rings. The van der Waals surface area contributed by atoms with Crippen molar-refractivity contribution in [3.8, 4) is 36.2 Å². The van der Waals surface area contributed by atoms with Gasteiger partial charge in [-0.15, -0.1) is 12.8 Å². The number of imidazole rings is 2. The third-order valence-corrected chi connectivity index (χ3v) is 10.4. The zero-order chi connectivity index (χ0) is 48.8. The number of non-ortho nitro benzene ring substituents is 2. The van der Waals surface area contributed by atoms with E-state index in [1.165, 1.54) is 70.3 Å². The number of hydrogen-bond donors (Lipinski definition) is 3. The summed E-state index contributed by atoms with van der Waals surface area (Å²) in [6.07, 6.45) is 8.89. The molecular formula is C40H35ClF2N12O12. The predicted octanol–water partition coefficient (Wildman–Crippen LogP) is 5.68. The molecule has 348 valence electrons. The number of hydrogen-bond acceptors (Lipinski definition) is 20. The highest BCUT2D eigenvalue weighted by molar-refractivity contribution is 6.61. The van der Waals surface area contributed by atoms with E-state index >= 15 is 0 Å². The molecule has 0 spiro atoms. The maximum atomic E-state index is 13.7. The molecule has 24 nitrogen and oxygen atoms in total. The molecule has 0 saturated carbocycles. The second kappa shape index (κ2) is 19.9. The molecule has 67 heavy (non-hydrogen) atoms. The van der Waals surface area contributed by atoms with Gasteiger partial charge in [0.1, 0.15) is 30.1 Å². The Kier molecular flexibility index (Phi) is 14.4. The van der Waals surface area contributed by atoms with Gasteiger partial charge in [-0.1, -0.05) is 25.7 Å². The van der Waals surface area contributed by atoms with Crippen molar-refractivity contribution >= 4 is 68.5 Å². The summed E-state index contributed by atoms with van der Waals surface area (Å²) in [5.41, 5.74) is 8.52. The van der Waals surface area contributed by atoms with Gasteiger partial charge in [0.2, 0.25) is 0 Å². The molecular weight excluding hydrogens is 914 g/mol. The van der Waals surface area contributed by atoms with Crippen LogP contribution in [0.25, 0.3) is 22.3 Å². The number of halogens is 3. The lowest BCUT2D eigenvalue weighted by Gasteiger charge is -2.27.